The van der Waals surface area contributed by atoms with Crippen molar-refractivity contribution in [2.24, 2.45) is 0 Å². The molecular formula is C16H26N2O2. The quantitative estimate of drug-likeness (QED) is 0.774. The van der Waals surface area contributed by atoms with Crippen LogP contribution in [0.1, 0.15) is 24.9 Å². The average Bonchev–Trinajstić information content (AvgIpc) is 2.52. The van der Waals surface area contributed by atoms with E-state index in [4.69, 9.17) is 9.47 Å². The number of nitrogens with zero attached hydrogens (tertiary/aromatic N) is 1. The average molecular weight is 278 g/mol. The second-order valence-electron chi connectivity index (χ2n) is 5.23. The van der Waals surface area contributed by atoms with Gasteiger partial charge in [-0.1, -0.05) is 18.2 Å². The minimum absolute atomic E-state index is 0.316. The van der Waals surface area contributed by atoms with E-state index in [1.807, 2.05) is 12.1 Å². The number of rotatable bonds is 7. The molecule has 112 valence electrons. The Kier molecular flexibility index (Phi) is 6.30. The molecule has 1 aromatic rings. The zero-order chi connectivity index (χ0) is 14.2. The molecule has 1 aliphatic rings. The molecule has 1 saturated heterocycles. The summed E-state index contributed by atoms with van der Waals surface area (Å²) in [6.45, 7) is 8.26. The molecule has 2 rings (SSSR count). The minimum atomic E-state index is 0.316. The normalized spacial score (nSPS) is 17.9. The SMILES string of the molecule is COc1ccccc1C(C)NCCCN1CCOCC1. The number of morpholine rings is 1. The van der Waals surface area contributed by atoms with Crippen molar-refractivity contribution in [1.82, 2.24) is 10.2 Å². The summed E-state index contributed by atoms with van der Waals surface area (Å²) in [6, 6.07) is 8.52. The molecule has 0 saturated carbocycles. The third-order valence-electron chi connectivity index (χ3n) is 3.81. The first-order valence-corrected chi connectivity index (χ1v) is 7.47. The summed E-state index contributed by atoms with van der Waals surface area (Å²) < 4.78 is 10.8. The molecule has 1 fully saturated rings. The highest BCUT2D eigenvalue weighted by Gasteiger charge is 2.11. The molecule has 4 nitrogen and oxygen atoms in total. The smallest absolute Gasteiger partial charge is 0.123 e. The summed E-state index contributed by atoms with van der Waals surface area (Å²) in [5, 5.41) is 3.58. The lowest BCUT2D eigenvalue weighted by Crippen LogP contribution is -2.37. The molecule has 1 heterocycles. The van der Waals surface area contributed by atoms with Gasteiger partial charge in [0.15, 0.2) is 0 Å². The van der Waals surface area contributed by atoms with Gasteiger partial charge in [-0.15, -0.1) is 0 Å². The van der Waals surface area contributed by atoms with Crippen molar-refractivity contribution in [3.63, 3.8) is 0 Å². The third kappa shape index (κ3) is 4.47. The number of methoxy groups -OCH3 is 1. The van der Waals surface area contributed by atoms with Gasteiger partial charge in [0.05, 0.1) is 20.3 Å². The van der Waals surface area contributed by atoms with Crippen LogP contribution in [-0.4, -0.2) is 51.4 Å². The maximum absolute atomic E-state index is 5.41. The molecule has 20 heavy (non-hydrogen) atoms. The molecule has 0 aromatic heterocycles. The van der Waals surface area contributed by atoms with Gasteiger partial charge in [0, 0.05) is 24.7 Å². The van der Waals surface area contributed by atoms with Gasteiger partial charge in [-0.05, 0) is 32.5 Å². The van der Waals surface area contributed by atoms with Gasteiger partial charge in [-0.3, -0.25) is 4.90 Å². The molecule has 0 radical (unpaired) electrons. The summed E-state index contributed by atoms with van der Waals surface area (Å²) in [4.78, 5) is 2.47. The largest absolute Gasteiger partial charge is 0.496 e. The molecule has 1 atom stereocenters. The van der Waals surface area contributed by atoms with Crippen molar-refractivity contribution >= 4 is 0 Å². The Morgan fingerprint density at radius 3 is 2.80 bits per heavy atom. The lowest BCUT2D eigenvalue weighted by molar-refractivity contribution is 0.0374. The molecule has 1 aliphatic heterocycles. The van der Waals surface area contributed by atoms with Crippen LogP contribution in [0.3, 0.4) is 0 Å². The lowest BCUT2D eigenvalue weighted by Gasteiger charge is -2.26. The Labute approximate surface area is 122 Å². The molecule has 1 N–H and O–H groups in total. The van der Waals surface area contributed by atoms with Crippen LogP contribution in [0.4, 0.5) is 0 Å². The zero-order valence-electron chi connectivity index (χ0n) is 12.6. The highest BCUT2D eigenvalue weighted by atomic mass is 16.5. The minimum Gasteiger partial charge on any atom is -0.496 e. The monoisotopic (exact) mass is 278 g/mol. The molecule has 0 spiro atoms. The zero-order valence-corrected chi connectivity index (χ0v) is 12.6. The predicted molar refractivity (Wildman–Crippen MR) is 81.3 cm³/mol. The maximum Gasteiger partial charge on any atom is 0.123 e. The van der Waals surface area contributed by atoms with Gasteiger partial charge >= 0.3 is 0 Å². The Morgan fingerprint density at radius 1 is 1.30 bits per heavy atom. The van der Waals surface area contributed by atoms with E-state index in [-0.39, 0.29) is 0 Å². The van der Waals surface area contributed by atoms with Crippen LogP contribution in [0.15, 0.2) is 24.3 Å². The number of para-hydroxylation sites is 1. The van der Waals surface area contributed by atoms with Crippen LogP contribution in [0.25, 0.3) is 0 Å². The van der Waals surface area contributed by atoms with Crippen molar-refractivity contribution in [1.29, 1.82) is 0 Å². The summed E-state index contributed by atoms with van der Waals surface area (Å²) in [5.74, 6) is 0.959. The van der Waals surface area contributed by atoms with E-state index in [0.717, 1.165) is 45.1 Å². The van der Waals surface area contributed by atoms with Crippen molar-refractivity contribution in [3.8, 4) is 5.75 Å². The highest BCUT2D eigenvalue weighted by molar-refractivity contribution is 5.35. The predicted octanol–water partition coefficient (Wildman–Crippen LogP) is 2.07. The second-order valence-corrected chi connectivity index (χ2v) is 5.23. The van der Waals surface area contributed by atoms with Crippen LogP contribution in [0.2, 0.25) is 0 Å². The van der Waals surface area contributed by atoms with Crippen molar-refractivity contribution in [2.75, 3.05) is 46.5 Å². The first-order valence-electron chi connectivity index (χ1n) is 7.47. The van der Waals surface area contributed by atoms with Gasteiger partial charge in [0.25, 0.3) is 0 Å². The summed E-state index contributed by atoms with van der Waals surface area (Å²) in [6.07, 6.45) is 1.17. The summed E-state index contributed by atoms with van der Waals surface area (Å²) in [7, 11) is 1.73. The topological polar surface area (TPSA) is 33.7 Å². The van der Waals surface area contributed by atoms with E-state index in [0.29, 0.717) is 6.04 Å². The number of nitrogens with one attached hydrogen (secondary N) is 1. The van der Waals surface area contributed by atoms with E-state index >= 15 is 0 Å². The number of ether oxygens (including phenoxy) is 2. The van der Waals surface area contributed by atoms with Gasteiger partial charge in [0.1, 0.15) is 5.75 Å². The molecule has 0 aliphatic carbocycles. The number of benzene rings is 1. The van der Waals surface area contributed by atoms with Crippen LogP contribution < -0.4 is 10.1 Å². The van der Waals surface area contributed by atoms with E-state index in [1.54, 1.807) is 7.11 Å². The standard InChI is InChI=1S/C16H26N2O2/c1-14(15-6-3-4-7-16(15)19-2)17-8-5-9-18-10-12-20-13-11-18/h3-4,6-7,14,17H,5,8-13H2,1-2H3. The molecule has 0 bridgehead atoms. The summed E-state index contributed by atoms with van der Waals surface area (Å²) >= 11 is 0. The van der Waals surface area contributed by atoms with Gasteiger partial charge in [0.2, 0.25) is 0 Å². The fourth-order valence-electron chi connectivity index (χ4n) is 2.58. The van der Waals surface area contributed by atoms with E-state index in [1.165, 1.54) is 12.0 Å². The van der Waals surface area contributed by atoms with Crippen molar-refractivity contribution in [3.05, 3.63) is 29.8 Å². The maximum atomic E-state index is 5.41. The fraction of sp³-hybridized carbons (Fsp3) is 0.625. The lowest BCUT2D eigenvalue weighted by atomic mass is 10.1. The van der Waals surface area contributed by atoms with E-state index in [2.05, 4.69) is 29.3 Å². The third-order valence-corrected chi connectivity index (χ3v) is 3.81. The van der Waals surface area contributed by atoms with Crippen molar-refractivity contribution in [2.45, 2.75) is 19.4 Å². The fourth-order valence-corrected chi connectivity index (χ4v) is 2.58. The van der Waals surface area contributed by atoms with Crippen molar-refractivity contribution < 1.29 is 9.47 Å². The molecular weight excluding hydrogens is 252 g/mol. The van der Waals surface area contributed by atoms with Gasteiger partial charge in [-0.25, -0.2) is 0 Å². The Morgan fingerprint density at radius 2 is 2.05 bits per heavy atom. The molecule has 1 unspecified atom stereocenters. The van der Waals surface area contributed by atoms with E-state index < -0.39 is 0 Å². The van der Waals surface area contributed by atoms with E-state index in [9.17, 15) is 0 Å². The van der Waals surface area contributed by atoms with Crippen LogP contribution in [0, 0.1) is 0 Å². The van der Waals surface area contributed by atoms with Crippen LogP contribution in [-0.2, 0) is 4.74 Å². The summed E-state index contributed by atoms with van der Waals surface area (Å²) in [5.41, 5.74) is 1.22. The van der Waals surface area contributed by atoms with Gasteiger partial charge in [-0.2, -0.15) is 0 Å². The Hall–Kier alpha value is -1.10. The Balaban J connectivity index is 1.70. The number of hydrogen-bond donors (Lipinski definition) is 1. The second kappa shape index (κ2) is 8.25. The molecule has 1 aromatic carbocycles. The van der Waals surface area contributed by atoms with Gasteiger partial charge < -0.3 is 14.8 Å². The van der Waals surface area contributed by atoms with Crippen LogP contribution >= 0.6 is 0 Å². The molecule has 4 heteroatoms. The first kappa shape index (κ1) is 15.3. The first-order chi connectivity index (χ1) is 9.81. The van der Waals surface area contributed by atoms with Crippen LogP contribution in [0.5, 0.6) is 5.75 Å². The highest BCUT2D eigenvalue weighted by Crippen LogP contribution is 2.24. The molecule has 0 amide bonds. The number of hydrogen-bond acceptors (Lipinski definition) is 4. The Bertz CT molecular complexity index is 392.